The van der Waals surface area contributed by atoms with Gasteiger partial charge in [0.1, 0.15) is 6.04 Å². The summed E-state index contributed by atoms with van der Waals surface area (Å²) in [5.74, 6) is 0.638. The van der Waals surface area contributed by atoms with E-state index >= 15 is 0 Å². The van der Waals surface area contributed by atoms with E-state index in [1.54, 1.807) is 0 Å². The molecule has 0 bridgehead atoms. The van der Waals surface area contributed by atoms with Crippen molar-refractivity contribution in [1.29, 1.82) is 0 Å². The minimum absolute atomic E-state index is 0.101. The first-order chi connectivity index (χ1) is 8.29. The molecule has 2 aliphatic rings. The largest absolute Gasteiger partial charge is 0.330 e. The van der Waals surface area contributed by atoms with Gasteiger partial charge in [0.05, 0.1) is 0 Å². The van der Waals surface area contributed by atoms with Crippen molar-refractivity contribution in [3.8, 4) is 0 Å². The number of hydrogen-bond donors (Lipinski definition) is 2. The molecule has 1 amide bonds. The fourth-order valence-corrected chi connectivity index (χ4v) is 2.84. The van der Waals surface area contributed by atoms with E-state index in [0.29, 0.717) is 12.5 Å². The van der Waals surface area contributed by atoms with Crippen LogP contribution < -0.4 is 11.1 Å². The van der Waals surface area contributed by atoms with Gasteiger partial charge >= 0.3 is 0 Å². The molecular weight excluding hydrogens is 214 g/mol. The Hall–Kier alpha value is -1.39. The first kappa shape index (κ1) is 10.7. The lowest BCUT2D eigenvalue weighted by atomic mass is 10.1. The summed E-state index contributed by atoms with van der Waals surface area (Å²) in [6, 6.07) is 7.83. The number of nitrogens with one attached hydrogen (secondary N) is 1. The summed E-state index contributed by atoms with van der Waals surface area (Å²) in [7, 11) is 0. The number of nitrogens with zero attached hydrogens (tertiary/aromatic N) is 1. The van der Waals surface area contributed by atoms with Crippen molar-refractivity contribution in [2.45, 2.75) is 12.5 Å². The number of benzene rings is 1. The van der Waals surface area contributed by atoms with Crippen molar-refractivity contribution in [3.63, 3.8) is 0 Å². The molecule has 17 heavy (non-hydrogen) atoms. The van der Waals surface area contributed by atoms with Gasteiger partial charge in [-0.25, -0.2) is 0 Å². The van der Waals surface area contributed by atoms with Crippen molar-refractivity contribution in [2.75, 3.05) is 25.0 Å². The number of nitrogens with two attached hydrogens (primary N) is 1. The lowest BCUT2D eigenvalue weighted by Crippen LogP contribution is -2.32. The Labute approximate surface area is 101 Å². The van der Waals surface area contributed by atoms with Crippen LogP contribution in [0.1, 0.15) is 18.0 Å². The molecule has 1 saturated heterocycles. The Kier molecular flexibility index (Phi) is 2.61. The van der Waals surface area contributed by atoms with Crippen LogP contribution in [0.5, 0.6) is 0 Å². The second kappa shape index (κ2) is 4.13. The maximum atomic E-state index is 12.0. The number of amides is 1. The highest BCUT2D eigenvalue weighted by Crippen LogP contribution is 2.36. The lowest BCUT2D eigenvalue weighted by Gasteiger charge is -2.22. The predicted molar refractivity (Wildman–Crippen MR) is 66.5 cm³/mol. The monoisotopic (exact) mass is 231 g/mol. The van der Waals surface area contributed by atoms with Crippen LogP contribution in [0.15, 0.2) is 24.3 Å². The number of para-hydroxylation sites is 1. The molecule has 0 radical (unpaired) electrons. The van der Waals surface area contributed by atoms with Gasteiger partial charge in [-0.05, 0) is 31.5 Å². The van der Waals surface area contributed by atoms with E-state index in [0.717, 1.165) is 30.8 Å². The molecule has 1 fully saturated rings. The number of rotatable bonds is 2. The average Bonchev–Trinajstić information content (AvgIpc) is 2.91. The summed E-state index contributed by atoms with van der Waals surface area (Å²) < 4.78 is 0. The van der Waals surface area contributed by atoms with Crippen molar-refractivity contribution in [1.82, 2.24) is 4.90 Å². The lowest BCUT2D eigenvalue weighted by molar-refractivity contribution is -0.120. The van der Waals surface area contributed by atoms with E-state index in [2.05, 4.69) is 10.2 Å². The maximum absolute atomic E-state index is 12.0. The first-order valence-electron chi connectivity index (χ1n) is 6.13. The highest BCUT2D eigenvalue weighted by atomic mass is 16.2. The number of anilines is 1. The third-order valence-corrected chi connectivity index (χ3v) is 3.78. The molecule has 1 aromatic carbocycles. The summed E-state index contributed by atoms with van der Waals surface area (Å²) in [5, 5.41) is 2.95. The Bertz CT molecular complexity index is 446. The normalized spacial score (nSPS) is 28.2. The van der Waals surface area contributed by atoms with Crippen LogP contribution in [-0.2, 0) is 4.79 Å². The molecule has 3 N–H and O–H groups in total. The topological polar surface area (TPSA) is 58.4 Å². The third-order valence-electron chi connectivity index (χ3n) is 3.78. The molecule has 4 nitrogen and oxygen atoms in total. The number of fused-ring (bicyclic) bond motifs is 1. The van der Waals surface area contributed by atoms with Gasteiger partial charge in [-0.3, -0.25) is 9.69 Å². The fraction of sp³-hybridized carbons (Fsp3) is 0.462. The van der Waals surface area contributed by atoms with Crippen LogP contribution >= 0.6 is 0 Å². The molecule has 90 valence electrons. The molecule has 3 rings (SSSR count). The van der Waals surface area contributed by atoms with E-state index in [9.17, 15) is 4.79 Å². The van der Waals surface area contributed by atoms with Crippen LogP contribution in [0, 0.1) is 5.92 Å². The highest BCUT2D eigenvalue weighted by Gasteiger charge is 2.38. The van der Waals surface area contributed by atoms with Crippen LogP contribution in [0.3, 0.4) is 0 Å². The molecule has 0 aromatic heterocycles. The van der Waals surface area contributed by atoms with Gasteiger partial charge in [0.2, 0.25) is 5.91 Å². The Morgan fingerprint density at radius 2 is 2.24 bits per heavy atom. The molecule has 2 unspecified atom stereocenters. The molecule has 1 aromatic rings. The van der Waals surface area contributed by atoms with Gasteiger partial charge in [0.25, 0.3) is 0 Å². The van der Waals surface area contributed by atoms with Crippen molar-refractivity contribution in [2.24, 2.45) is 11.7 Å². The van der Waals surface area contributed by atoms with Gasteiger partial charge in [-0.2, -0.15) is 0 Å². The number of carbonyl (C=O) groups excluding carboxylic acids is 1. The Morgan fingerprint density at radius 3 is 3.00 bits per heavy atom. The molecule has 4 heteroatoms. The van der Waals surface area contributed by atoms with Gasteiger partial charge in [0, 0.05) is 17.8 Å². The zero-order chi connectivity index (χ0) is 11.8. The smallest absolute Gasteiger partial charge is 0.246 e. The van der Waals surface area contributed by atoms with Crippen LogP contribution in [0.4, 0.5) is 5.69 Å². The zero-order valence-corrected chi connectivity index (χ0v) is 9.73. The van der Waals surface area contributed by atoms with Crippen molar-refractivity contribution < 1.29 is 4.79 Å². The quantitative estimate of drug-likeness (QED) is 0.797. The molecule has 2 atom stereocenters. The van der Waals surface area contributed by atoms with E-state index in [1.165, 1.54) is 0 Å². The first-order valence-corrected chi connectivity index (χ1v) is 6.13. The van der Waals surface area contributed by atoms with Gasteiger partial charge in [0.15, 0.2) is 0 Å². The molecular formula is C13H17N3O. The minimum Gasteiger partial charge on any atom is -0.330 e. The highest BCUT2D eigenvalue weighted by molar-refractivity contribution is 6.02. The minimum atomic E-state index is -0.109. The molecule has 2 aliphatic heterocycles. The zero-order valence-electron chi connectivity index (χ0n) is 9.73. The molecule has 2 heterocycles. The standard InChI is InChI=1S/C13H17N3O/c14-7-9-5-6-16(8-9)12-10-3-1-2-4-11(10)15-13(12)17/h1-4,9,12H,5-8,14H2,(H,15,17). The van der Waals surface area contributed by atoms with Crippen LogP contribution in [0.2, 0.25) is 0 Å². The second-order valence-electron chi connectivity index (χ2n) is 4.86. The summed E-state index contributed by atoms with van der Waals surface area (Å²) in [6.07, 6.45) is 1.10. The number of hydrogen-bond acceptors (Lipinski definition) is 3. The second-order valence-corrected chi connectivity index (χ2v) is 4.86. The maximum Gasteiger partial charge on any atom is 0.246 e. The number of likely N-dealkylation sites (tertiary alicyclic amines) is 1. The van der Waals surface area contributed by atoms with Crippen LogP contribution in [0.25, 0.3) is 0 Å². The van der Waals surface area contributed by atoms with Crippen LogP contribution in [-0.4, -0.2) is 30.4 Å². The van der Waals surface area contributed by atoms with E-state index < -0.39 is 0 Å². The summed E-state index contributed by atoms with van der Waals surface area (Å²) in [5.41, 5.74) is 7.76. The Morgan fingerprint density at radius 1 is 1.41 bits per heavy atom. The van der Waals surface area contributed by atoms with Gasteiger partial charge in [-0.15, -0.1) is 0 Å². The van der Waals surface area contributed by atoms with E-state index in [1.807, 2.05) is 24.3 Å². The summed E-state index contributed by atoms with van der Waals surface area (Å²) >= 11 is 0. The molecule has 0 aliphatic carbocycles. The van der Waals surface area contributed by atoms with Gasteiger partial charge < -0.3 is 11.1 Å². The summed E-state index contributed by atoms with van der Waals surface area (Å²) in [6.45, 7) is 2.61. The van der Waals surface area contributed by atoms with Crippen molar-refractivity contribution in [3.05, 3.63) is 29.8 Å². The molecule has 0 saturated carbocycles. The summed E-state index contributed by atoms with van der Waals surface area (Å²) in [4.78, 5) is 14.3. The fourth-order valence-electron chi connectivity index (χ4n) is 2.84. The molecule has 0 spiro atoms. The predicted octanol–water partition coefficient (Wildman–Crippen LogP) is 0.960. The SMILES string of the molecule is NCC1CCN(C2C(=O)Nc3ccccc32)C1. The van der Waals surface area contributed by atoms with Gasteiger partial charge in [-0.1, -0.05) is 18.2 Å². The average molecular weight is 231 g/mol. The number of carbonyl (C=O) groups is 1. The van der Waals surface area contributed by atoms with E-state index in [-0.39, 0.29) is 11.9 Å². The third kappa shape index (κ3) is 1.73. The van der Waals surface area contributed by atoms with Crippen molar-refractivity contribution >= 4 is 11.6 Å². The Balaban J connectivity index is 1.86. The van der Waals surface area contributed by atoms with E-state index in [4.69, 9.17) is 5.73 Å².